The molecule has 28 heavy (non-hydrogen) atoms. The Morgan fingerprint density at radius 1 is 0.964 bits per heavy atom. The van der Waals surface area contributed by atoms with E-state index in [1.165, 1.54) is 6.07 Å². The molecule has 5 rings (SSSR count). The zero-order valence-corrected chi connectivity index (χ0v) is 15.2. The second-order valence-corrected chi connectivity index (χ2v) is 7.31. The lowest BCUT2D eigenvalue weighted by Crippen LogP contribution is -2.47. The van der Waals surface area contributed by atoms with Gasteiger partial charge in [-0.1, -0.05) is 11.3 Å². The molecule has 0 spiro atoms. The third kappa shape index (κ3) is 2.89. The molecule has 0 bridgehead atoms. The monoisotopic (exact) mass is 406 g/mol. The average molecular weight is 406 g/mol. The molecule has 1 fully saturated rings. The van der Waals surface area contributed by atoms with Crippen LogP contribution in [0, 0.1) is 0 Å². The first-order chi connectivity index (χ1) is 13.5. The zero-order valence-electron chi connectivity index (χ0n) is 14.3. The van der Waals surface area contributed by atoms with E-state index in [0.29, 0.717) is 32.0 Å². The van der Waals surface area contributed by atoms with Crippen LogP contribution in [0.4, 0.5) is 24.1 Å². The summed E-state index contributed by atoms with van der Waals surface area (Å²) in [7, 11) is 0. The van der Waals surface area contributed by atoms with E-state index in [1.807, 2.05) is 11.0 Å². The molecule has 4 aromatic heterocycles. The van der Waals surface area contributed by atoms with Crippen LogP contribution in [-0.2, 0) is 6.18 Å². The van der Waals surface area contributed by atoms with Gasteiger partial charge in [0.1, 0.15) is 11.3 Å². The van der Waals surface area contributed by atoms with E-state index in [1.54, 1.807) is 29.8 Å². The Morgan fingerprint density at radius 2 is 1.75 bits per heavy atom. The first kappa shape index (κ1) is 17.1. The van der Waals surface area contributed by atoms with Gasteiger partial charge in [-0.3, -0.25) is 4.98 Å². The minimum Gasteiger partial charge on any atom is -0.352 e. The number of rotatable bonds is 2. The SMILES string of the molecule is FC(F)(F)c1nnc2ccc(N3CCN(c4nc5cnccc5s4)CC3)nn12. The van der Waals surface area contributed by atoms with Crippen LogP contribution in [0.15, 0.2) is 30.6 Å². The van der Waals surface area contributed by atoms with Gasteiger partial charge in [-0.25, -0.2) is 4.98 Å². The molecule has 144 valence electrons. The van der Waals surface area contributed by atoms with E-state index in [0.717, 1.165) is 19.9 Å². The molecular formula is C16H13F3N8S. The van der Waals surface area contributed by atoms with Crippen LogP contribution < -0.4 is 9.80 Å². The normalized spacial score (nSPS) is 15.7. The van der Waals surface area contributed by atoms with Crippen molar-refractivity contribution in [2.24, 2.45) is 0 Å². The molecule has 0 amide bonds. The summed E-state index contributed by atoms with van der Waals surface area (Å²) in [5.74, 6) is -0.656. The summed E-state index contributed by atoms with van der Waals surface area (Å²) in [5, 5.41) is 11.8. The molecule has 0 aliphatic carbocycles. The number of hydrogen-bond donors (Lipinski definition) is 0. The van der Waals surface area contributed by atoms with Crippen LogP contribution in [0.25, 0.3) is 15.9 Å². The molecular weight excluding hydrogens is 393 g/mol. The third-order valence-corrected chi connectivity index (χ3v) is 5.65. The van der Waals surface area contributed by atoms with Gasteiger partial charge in [-0.2, -0.15) is 17.7 Å². The van der Waals surface area contributed by atoms with Crippen molar-refractivity contribution in [2.75, 3.05) is 36.0 Å². The number of thiazole rings is 1. The lowest BCUT2D eigenvalue weighted by molar-refractivity contribution is -0.146. The molecule has 0 atom stereocenters. The van der Waals surface area contributed by atoms with Crippen molar-refractivity contribution in [1.29, 1.82) is 0 Å². The van der Waals surface area contributed by atoms with Crippen LogP contribution in [0.3, 0.4) is 0 Å². The summed E-state index contributed by atoms with van der Waals surface area (Å²) >= 11 is 1.60. The summed E-state index contributed by atoms with van der Waals surface area (Å²) in [6, 6.07) is 5.10. The molecule has 5 heterocycles. The number of fused-ring (bicyclic) bond motifs is 2. The van der Waals surface area contributed by atoms with Crippen LogP contribution in [0.1, 0.15) is 5.82 Å². The Hall–Kier alpha value is -3.02. The van der Waals surface area contributed by atoms with Crippen LogP contribution in [-0.4, -0.2) is 56.0 Å². The van der Waals surface area contributed by atoms with Gasteiger partial charge in [-0.15, -0.1) is 15.3 Å². The number of hydrogen-bond acceptors (Lipinski definition) is 8. The Bertz CT molecular complexity index is 1110. The number of aromatic nitrogens is 6. The highest BCUT2D eigenvalue weighted by molar-refractivity contribution is 7.22. The zero-order chi connectivity index (χ0) is 19.3. The van der Waals surface area contributed by atoms with Gasteiger partial charge in [-0.05, 0) is 18.2 Å². The van der Waals surface area contributed by atoms with Gasteiger partial charge in [0.25, 0.3) is 5.82 Å². The molecule has 1 saturated heterocycles. The fourth-order valence-electron chi connectivity index (χ4n) is 3.15. The standard InChI is InChI=1S/C16H13F3N8S/c17-16(18,19)14-23-22-12-1-2-13(24-27(12)14)25-5-7-26(8-6-25)15-21-10-9-20-4-3-11(10)28-15/h1-4,9H,5-8H2. The fraction of sp³-hybridized carbons (Fsp3) is 0.312. The van der Waals surface area contributed by atoms with E-state index in [4.69, 9.17) is 0 Å². The molecule has 1 aliphatic heterocycles. The average Bonchev–Trinajstić information content (AvgIpc) is 3.31. The highest BCUT2D eigenvalue weighted by Gasteiger charge is 2.37. The highest BCUT2D eigenvalue weighted by atomic mass is 32.1. The molecule has 1 aliphatic rings. The van der Waals surface area contributed by atoms with Crippen molar-refractivity contribution < 1.29 is 13.2 Å². The number of halogens is 3. The maximum atomic E-state index is 13.1. The topological polar surface area (TPSA) is 75.3 Å². The van der Waals surface area contributed by atoms with E-state index in [9.17, 15) is 13.2 Å². The van der Waals surface area contributed by atoms with Crippen molar-refractivity contribution >= 4 is 38.2 Å². The second kappa shape index (κ2) is 6.26. The maximum absolute atomic E-state index is 13.1. The smallest absolute Gasteiger partial charge is 0.352 e. The molecule has 0 radical (unpaired) electrons. The number of pyridine rings is 1. The van der Waals surface area contributed by atoms with Gasteiger partial charge in [0.15, 0.2) is 10.8 Å². The molecule has 0 unspecified atom stereocenters. The summed E-state index contributed by atoms with van der Waals surface area (Å²) in [6.45, 7) is 2.63. The van der Waals surface area contributed by atoms with Gasteiger partial charge in [0.2, 0.25) is 0 Å². The van der Waals surface area contributed by atoms with Crippen molar-refractivity contribution in [3.63, 3.8) is 0 Å². The summed E-state index contributed by atoms with van der Waals surface area (Å²) in [6.07, 6.45) is -1.13. The van der Waals surface area contributed by atoms with Crippen LogP contribution >= 0.6 is 11.3 Å². The van der Waals surface area contributed by atoms with E-state index < -0.39 is 12.0 Å². The highest BCUT2D eigenvalue weighted by Crippen LogP contribution is 2.30. The predicted octanol–water partition coefficient (Wildman–Crippen LogP) is 2.47. The largest absolute Gasteiger partial charge is 0.453 e. The number of anilines is 2. The first-order valence-corrected chi connectivity index (χ1v) is 9.31. The fourth-order valence-corrected chi connectivity index (χ4v) is 4.14. The molecule has 8 nitrogen and oxygen atoms in total. The van der Waals surface area contributed by atoms with Gasteiger partial charge < -0.3 is 9.80 Å². The molecule has 12 heteroatoms. The molecule has 0 N–H and O–H groups in total. The molecule has 0 saturated carbocycles. The van der Waals surface area contributed by atoms with Gasteiger partial charge >= 0.3 is 6.18 Å². The summed E-state index contributed by atoms with van der Waals surface area (Å²) in [4.78, 5) is 12.8. The Balaban J connectivity index is 1.36. The minimum absolute atomic E-state index is 0.0674. The quantitative estimate of drug-likeness (QED) is 0.506. The Morgan fingerprint density at radius 3 is 2.50 bits per heavy atom. The van der Waals surface area contributed by atoms with E-state index >= 15 is 0 Å². The number of alkyl halides is 3. The van der Waals surface area contributed by atoms with E-state index in [-0.39, 0.29) is 5.65 Å². The molecule has 4 aromatic rings. The van der Waals surface area contributed by atoms with Crippen molar-refractivity contribution in [2.45, 2.75) is 6.18 Å². The van der Waals surface area contributed by atoms with Crippen molar-refractivity contribution in [3.8, 4) is 0 Å². The predicted molar refractivity (Wildman–Crippen MR) is 97.6 cm³/mol. The van der Waals surface area contributed by atoms with E-state index in [2.05, 4.69) is 30.2 Å². The third-order valence-electron chi connectivity index (χ3n) is 4.56. The van der Waals surface area contributed by atoms with Crippen molar-refractivity contribution in [3.05, 3.63) is 36.4 Å². The van der Waals surface area contributed by atoms with Crippen molar-refractivity contribution in [1.82, 2.24) is 29.8 Å². The minimum atomic E-state index is -4.61. The Kier molecular flexibility index (Phi) is 3.82. The lowest BCUT2D eigenvalue weighted by Gasteiger charge is -2.35. The Labute approximate surface area is 160 Å². The van der Waals surface area contributed by atoms with Crippen LogP contribution in [0.5, 0.6) is 0 Å². The number of nitrogens with zero attached hydrogens (tertiary/aromatic N) is 8. The maximum Gasteiger partial charge on any atom is 0.453 e. The van der Waals surface area contributed by atoms with Gasteiger partial charge in [0.05, 0.1) is 10.9 Å². The van der Waals surface area contributed by atoms with Gasteiger partial charge in [0, 0.05) is 32.4 Å². The summed E-state index contributed by atoms with van der Waals surface area (Å²) < 4.78 is 41.0. The lowest BCUT2D eigenvalue weighted by atomic mass is 10.3. The number of piperazine rings is 1. The van der Waals surface area contributed by atoms with Crippen LogP contribution in [0.2, 0.25) is 0 Å². The second-order valence-electron chi connectivity index (χ2n) is 6.30. The first-order valence-electron chi connectivity index (χ1n) is 8.49. The molecule has 0 aromatic carbocycles. The summed E-state index contributed by atoms with van der Waals surface area (Å²) in [5.41, 5.74) is 0.933.